The molecule has 2 N–H and O–H groups in total. The smallest absolute Gasteiger partial charge is 0.234 e. The highest BCUT2D eigenvalue weighted by molar-refractivity contribution is 7.99. The third-order valence-corrected chi connectivity index (χ3v) is 5.64. The van der Waals surface area contributed by atoms with Gasteiger partial charge in [0, 0.05) is 41.8 Å². The summed E-state index contributed by atoms with van der Waals surface area (Å²) in [6, 6.07) is 10.9. The zero-order valence-corrected chi connectivity index (χ0v) is 17.4. The number of thioether (sulfide) groups is 1. The van der Waals surface area contributed by atoms with Gasteiger partial charge >= 0.3 is 0 Å². The monoisotopic (exact) mass is 422 g/mol. The first-order valence-corrected chi connectivity index (χ1v) is 10.8. The van der Waals surface area contributed by atoms with Crippen molar-refractivity contribution in [2.24, 2.45) is 5.92 Å². The molecule has 2 heterocycles. The van der Waals surface area contributed by atoms with Gasteiger partial charge in [-0.3, -0.25) is 14.6 Å². The number of carbonyl (C=O) groups is 2. The molecule has 4 rings (SSSR count). The van der Waals surface area contributed by atoms with E-state index in [-0.39, 0.29) is 23.5 Å². The van der Waals surface area contributed by atoms with Crippen LogP contribution in [0, 0.1) is 5.92 Å². The second kappa shape index (κ2) is 9.08. The molecule has 0 atom stereocenters. The molecule has 1 fully saturated rings. The first-order chi connectivity index (χ1) is 14.6. The molecule has 1 aromatic carbocycles. The Hall–Kier alpha value is -3.20. The van der Waals surface area contributed by atoms with Crippen molar-refractivity contribution in [3.8, 4) is 11.4 Å². The minimum absolute atomic E-state index is 0.0638. The maximum Gasteiger partial charge on any atom is 0.234 e. The van der Waals surface area contributed by atoms with E-state index in [0.717, 1.165) is 29.9 Å². The first kappa shape index (κ1) is 20.1. The van der Waals surface area contributed by atoms with E-state index in [1.807, 2.05) is 23.6 Å². The molecule has 0 radical (unpaired) electrons. The van der Waals surface area contributed by atoms with Crippen LogP contribution in [0.1, 0.15) is 19.8 Å². The normalized spacial score (nSPS) is 13.1. The summed E-state index contributed by atoms with van der Waals surface area (Å²) in [4.78, 5) is 28.3. The predicted octanol–water partition coefficient (Wildman–Crippen LogP) is 3.44. The van der Waals surface area contributed by atoms with Crippen molar-refractivity contribution in [2.75, 3.05) is 16.4 Å². The van der Waals surface area contributed by atoms with E-state index >= 15 is 0 Å². The Labute approximate surface area is 178 Å². The Balaban J connectivity index is 1.32. The minimum Gasteiger partial charge on any atom is -0.326 e. The molecule has 154 valence electrons. The number of pyridine rings is 1. The lowest BCUT2D eigenvalue weighted by atomic mass is 10.2. The van der Waals surface area contributed by atoms with Gasteiger partial charge in [0.05, 0.1) is 5.75 Å². The summed E-state index contributed by atoms with van der Waals surface area (Å²) in [5.41, 5.74) is 2.30. The maximum atomic E-state index is 12.4. The highest BCUT2D eigenvalue weighted by Gasteiger charge is 2.29. The first-order valence-electron chi connectivity index (χ1n) is 9.81. The lowest BCUT2D eigenvalue weighted by Crippen LogP contribution is -2.15. The van der Waals surface area contributed by atoms with Crippen LogP contribution in [-0.2, 0) is 16.1 Å². The zero-order valence-electron chi connectivity index (χ0n) is 16.5. The summed E-state index contributed by atoms with van der Waals surface area (Å²) >= 11 is 1.34. The molecule has 0 saturated heterocycles. The van der Waals surface area contributed by atoms with Crippen LogP contribution in [0.3, 0.4) is 0 Å². The molecule has 0 bridgehead atoms. The standard InChI is InChI=1S/C21H22N6O2S/c1-2-27-19(15-4-3-11-22-12-15)25-26-21(27)30-13-18(28)23-16-7-9-17(10-8-16)24-20(29)14-5-6-14/h3-4,7-12,14H,2,5-6,13H2,1H3,(H,23,28)(H,24,29). The number of rotatable bonds is 8. The van der Waals surface area contributed by atoms with Crippen molar-refractivity contribution in [1.29, 1.82) is 0 Å². The Morgan fingerprint density at radius 2 is 1.83 bits per heavy atom. The Kier molecular flexibility index (Phi) is 6.08. The number of anilines is 2. The van der Waals surface area contributed by atoms with Crippen LogP contribution in [-0.4, -0.2) is 37.3 Å². The van der Waals surface area contributed by atoms with Gasteiger partial charge in [0.2, 0.25) is 11.8 Å². The van der Waals surface area contributed by atoms with Crippen molar-refractivity contribution in [3.63, 3.8) is 0 Å². The number of nitrogens with zero attached hydrogens (tertiary/aromatic N) is 4. The number of carbonyl (C=O) groups excluding carboxylic acids is 2. The van der Waals surface area contributed by atoms with Crippen molar-refractivity contribution in [1.82, 2.24) is 19.7 Å². The Morgan fingerprint density at radius 1 is 1.10 bits per heavy atom. The molecule has 3 aromatic rings. The van der Waals surface area contributed by atoms with E-state index in [0.29, 0.717) is 17.4 Å². The van der Waals surface area contributed by atoms with E-state index in [1.54, 1.807) is 36.7 Å². The quantitative estimate of drug-likeness (QED) is 0.539. The number of amides is 2. The average Bonchev–Trinajstić information content (AvgIpc) is 3.54. The molecule has 2 aromatic heterocycles. The SMILES string of the molecule is CCn1c(SCC(=O)Nc2ccc(NC(=O)C3CC3)cc2)nnc1-c1cccnc1. The average molecular weight is 423 g/mol. The van der Waals surface area contributed by atoms with Gasteiger partial charge in [0.15, 0.2) is 11.0 Å². The molecule has 0 aliphatic heterocycles. The minimum atomic E-state index is -0.136. The summed E-state index contributed by atoms with van der Waals surface area (Å²) in [7, 11) is 0. The molecule has 1 saturated carbocycles. The molecule has 2 amide bonds. The van der Waals surface area contributed by atoms with Gasteiger partial charge in [-0.15, -0.1) is 10.2 Å². The van der Waals surface area contributed by atoms with Crippen LogP contribution in [0.25, 0.3) is 11.4 Å². The van der Waals surface area contributed by atoms with Crippen LogP contribution in [0.4, 0.5) is 11.4 Å². The lowest BCUT2D eigenvalue weighted by Gasteiger charge is -2.09. The van der Waals surface area contributed by atoms with E-state index < -0.39 is 0 Å². The number of hydrogen-bond acceptors (Lipinski definition) is 6. The third-order valence-electron chi connectivity index (χ3n) is 4.67. The summed E-state index contributed by atoms with van der Waals surface area (Å²) in [6.45, 7) is 2.70. The predicted molar refractivity (Wildman–Crippen MR) is 116 cm³/mol. The summed E-state index contributed by atoms with van der Waals surface area (Å²) in [5.74, 6) is 1.03. The fourth-order valence-corrected chi connectivity index (χ4v) is 3.75. The topological polar surface area (TPSA) is 102 Å². The van der Waals surface area contributed by atoms with E-state index in [1.165, 1.54) is 11.8 Å². The van der Waals surface area contributed by atoms with Gasteiger partial charge in [-0.25, -0.2) is 0 Å². The molecule has 1 aliphatic carbocycles. The molecule has 1 aliphatic rings. The van der Waals surface area contributed by atoms with E-state index in [9.17, 15) is 9.59 Å². The second-order valence-corrected chi connectivity index (χ2v) is 7.91. The second-order valence-electron chi connectivity index (χ2n) is 6.97. The highest BCUT2D eigenvalue weighted by atomic mass is 32.2. The van der Waals surface area contributed by atoms with Crippen molar-refractivity contribution in [3.05, 3.63) is 48.8 Å². The van der Waals surface area contributed by atoms with Crippen LogP contribution >= 0.6 is 11.8 Å². The lowest BCUT2D eigenvalue weighted by molar-refractivity contribution is -0.117. The Bertz CT molecular complexity index is 1030. The van der Waals surface area contributed by atoms with E-state index in [4.69, 9.17) is 0 Å². The van der Waals surface area contributed by atoms with Crippen molar-refractivity contribution >= 4 is 35.0 Å². The van der Waals surface area contributed by atoms with E-state index in [2.05, 4.69) is 25.8 Å². The Morgan fingerprint density at radius 3 is 2.47 bits per heavy atom. The molecule has 9 heteroatoms. The summed E-state index contributed by atoms with van der Waals surface area (Å²) in [5, 5.41) is 14.9. The fraction of sp³-hybridized carbons (Fsp3) is 0.286. The molecule has 30 heavy (non-hydrogen) atoms. The van der Waals surface area contributed by atoms with Gasteiger partial charge in [0.25, 0.3) is 0 Å². The van der Waals surface area contributed by atoms with Gasteiger partial charge in [-0.1, -0.05) is 11.8 Å². The molecule has 0 unspecified atom stereocenters. The molecule has 8 nitrogen and oxygen atoms in total. The van der Waals surface area contributed by atoms with Gasteiger partial charge in [-0.2, -0.15) is 0 Å². The van der Waals surface area contributed by atoms with Crippen LogP contribution in [0.2, 0.25) is 0 Å². The summed E-state index contributed by atoms with van der Waals surface area (Å²) < 4.78 is 1.96. The number of hydrogen-bond donors (Lipinski definition) is 2. The summed E-state index contributed by atoms with van der Waals surface area (Å²) in [6.07, 6.45) is 5.39. The largest absolute Gasteiger partial charge is 0.326 e. The fourth-order valence-electron chi connectivity index (χ4n) is 2.94. The zero-order chi connectivity index (χ0) is 20.9. The highest BCUT2D eigenvalue weighted by Crippen LogP contribution is 2.30. The molecular weight excluding hydrogens is 400 g/mol. The van der Waals surface area contributed by atoms with Crippen LogP contribution < -0.4 is 10.6 Å². The van der Waals surface area contributed by atoms with Gasteiger partial charge in [-0.05, 0) is 56.2 Å². The third kappa shape index (κ3) is 4.85. The van der Waals surface area contributed by atoms with Crippen molar-refractivity contribution < 1.29 is 9.59 Å². The van der Waals surface area contributed by atoms with Crippen LogP contribution in [0.5, 0.6) is 0 Å². The number of aromatic nitrogens is 4. The number of nitrogens with one attached hydrogen (secondary N) is 2. The maximum absolute atomic E-state index is 12.4. The van der Waals surface area contributed by atoms with Crippen LogP contribution in [0.15, 0.2) is 53.9 Å². The van der Waals surface area contributed by atoms with Gasteiger partial charge in [0.1, 0.15) is 0 Å². The molecular formula is C21H22N6O2S. The number of benzene rings is 1. The van der Waals surface area contributed by atoms with Crippen molar-refractivity contribution in [2.45, 2.75) is 31.5 Å². The van der Waals surface area contributed by atoms with Gasteiger partial charge < -0.3 is 15.2 Å². The molecule has 0 spiro atoms.